The number of aromatic nitrogens is 2. The first kappa shape index (κ1) is 20.5. The number of rotatable bonds is 6. The van der Waals surface area contributed by atoms with Crippen LogP contribution in [-0.4, -0.2) is 39.3 Å². The van der Waals surface area contributed by atoms with Gasteiger partial charge in [-0.3, -0.25) is 9.59 Å². The predicted octanol–water partition coefficient (Wildman–Crippen LogP) is 4.05. The summed E-state index contributed by atoms with van der Waals surface area (Å²) in [6, 6.07) is 5.94. The van der Waals surface area contributed by atoms with Gasteiger partial charge in [0.2, 0.25) is 5.91 Å². The van der Waals surface area contributed by atoms with Gasteiger partial charge >= 0.3 is 0 Å². The van der Waals surface area contributed by atoms with E-state index in [-0.39, 0.29) is 5.91 Å². The number of amides is 2. The van der Waals surface area contributed by atoms with Crippen molar-refractivity contribution in [2.75, 3.05) is 6.54 Å². The van der Waals surface area contributed by atoms with Gasteiger partial charge in [0.15, 0.2) is 5.82 Å². The molecular weight excluding hydrogens is 410 g/mol. The van der Waals surface area contributed by atoms with Crippen LogP contribution in [0.4, 0.5) is 8.78 Å². The number of hydrogen-bond donors (Lipinski definition) is 2. The first-order valence-corrected chi connectivity index (χ1v) is 10.8. The molecule has 0 aliphatic carbocycles. The average molecular weight is 432 g/mol. The van der Waals surface area contributed by atoms with Crippen LogP contribution < -0.4 is 5.32 Å². The van der Waals surface area contributed by atoms with Gasteiger partial charge in [0.25, 0.3) is 12.3 Å². The number of H-pyrrole nitrogens is 1. The third-order valence-corrected chi connectivity index (χ3v) is 6.29. The van der Waals surface area contributed by atoms with Crippen LogP contribution >= 0.6 is 11.3 Å². The molecule has 1 aromatic carbocycles. The maximum atomic E-state index is 13.1. The van der Waals surface area contributed by atoms with Crippen LogP contribution in [0.3, 0.4) is 0 Å². The fourth-order valence-corrected chi connectivity index (χ4v) is 4.61. The lowest BCUT2D eigenvalue weighted by Gasteiger charge is -2.31. The lowest BCUT2D eigenvalue weighted by Crippen LogP contribution is -2.49. The molecule has 2 N–H and O–H groups in total. The zero-order chi connectivity index (χ0) is 21.3. The van der Waals surface area contributed by atoms with E-state index < -0.39 is 24.2 Å². The zero-order valence-corrected chi connectivity index (χ0v) is 17.3. The molecule has 9 heteroatoms. The first-order chi connectivity index (χ1) is 14.5. The molecule has 1 aliphatic rings. The summed E-state index contributed by atoms with van der Waals surface area (Å²) >= 11 is 1.71. The molecule has 0 bridgehead atoms. The summed E-state index contributed by atoms with van der Waals surface area (Å²) in [4.78, 5) is 35.3. The maximum absolute atomic E-state index is 13.1. The second-order valence-corrected chi connectivity index (χ2v) is 8.35. The number of imidazole rings is 1. The molecule has 0 fully saturated rings. The number of halogens is 2. The highest BCUT2D eigenvalue weighted by Crippen LogP contribution is 2.25. The van der Waals surface area contributed by atoms with E-state index in [1.54, 1.807) is 16.2 Å². The van der Waals surface area contributed by atoms with Crippen molar-refractivity contribution in [3.63, 3.8) is 0 Å². The molecule has 30 heavy (non-hydrogen) atoms. The van der Waals surface area contributed by atoms with Crippen molar-refractivity contribution in [1.29, 1.82) is 0 Å². The van der Waals surface area contributed by atoms with Gasteiger partial charge in [0.1, 0.15) is 6.04 Å². The predicted molar refractivity (Wildman–Crippen MR) is 111 cm³/mol. The lowest BCUT2D eigenvalue weighted by atomic mass is 10.1. The smallest absolute Gasteiger partial charge is 0.295 e. The van der Waals surface area contributed by atoms with Crippen molar-refractivity contribution < 1.29 is 18.4 Å². The van der Waals surface area contributed by atoms with Gasteiger partial charge in [-0.05, 0) is 48.1 Å². The van der Waals surface area contributed by atoms with Crippen LogP contribution in [0.2, 0.25) is 0 Å². The van der Waals surface area contributed by atoms with E-state index in [1.807, 2.05) is 18.4 Å². The van der Waals surface area contributed by atoms with Gasteiger partial charge in [0, 0.05) is 23.5 Å². The molecule has 0 radical (unpaired) electrons. The number of hydrogen-bond acceptors (Lipinski definition) is 4. The molecule has 1 unspecified atom stereocenters. The molecule has 1 aliphatic heterocycles. The summed E-state index contributed by atoms with van der Waals surface area (Å²) in [6.07, 6.45) is -0.617. The normalized spacial score (nSPS) is 14.7. The highest BCUT2D eigenvalue weighted by molar-refractivity contribution is 7.10. The number of carbonyl (C=O) groups excluding carboxylic acids is 2. The van der Waals surface area contributed by atoms with Crippen LogP contribution in [0.15, 0.2) is 29.6 Å². The molecule has 0 saturated heterocycles. The van der Waals surface area contributed by atoms with E-state index in [1.165, 1.54) is 28.6 Å². The number of benzene rings is 1. The molecule has 2 aromatic heterocycles. The first-order valence-electron chi connectivity index (χ1n) is 9.89. The monoisotopic (exact) mass is 432 g/mol. The fraction of sp³-hybridized carbons (Fsp3) is 0.381. The van der Waals surface area contributed by atoms with E-state index in [0.29, 0.717) is 36.1 Å². The minimum absolute atomic E-state index is 0.0929. The molecule has 3 aromatic rings. The minimum atomic E-state index is -2.71. The highest BCUT2D eigenvalue weighted by Gasteiger charge is 2.28. The van der Waals surface area contributed by atoms with Crippen LogP contribution in [0, 0.1) is 0 Å². The van der Waals surface area contributed by atoms with Crippen molar-refractivity contribution in [3.05, 3.63) is 51.5 Å². The second kappa shape index (κ2) is 8.51. The summed E-state index contributed by atoms with van der Waals surface area (Å²) < 4.78 is 25.7. The molecule has 0 spiro atoms. The molecule has 2 amide bonds. The van der Waals surface area contributed by atoms with Crippen molar-refractivity contribution in [2.24, 2.45) is 0 Å². The Labute approximate surface area is 176 Å². The van der Waals surface area contributed by atoms with Crippen LogP contribution in [0.25, 0.3) is 11.0 Å². The minimum Gasteiger partial charge on any atom is -0.340 e. The molecule has 4 rings (SSSR count). The van der Waals surface area contributed by atoms with Crippen LogP contribution in [0.5, 0.6) is 0 Å². The summed E-state index contributed by atoms with van der Waals surface area (Å²) in [6.45, 7) is 3.16. The number of carbonyl (C=O) groups is 2. The standard InChI is InChI=1S/C21H22F2N4O2S/c1-2-3-15(21(29)27-8-6-17-13(11-27)7-9-30-17)26-20(28)12-4-5-14-16(10-12)25-19(24-14)18(22)23/h4-5,7,9-10,15,18H,2-3,6,8,11H2,1H3,(H,24,25)(H,26,28). The third-order valence-electron chi connectivity index (χ3n) is 5.27. The largest absolute Gasteiger partial charge is 0.340 e. The Bertz CT molecular complexity index is 1080. The van der Waals surface area contributed by atoms with Crippen molar-refractivity contribution in [1.82, 2.24) is 20.2 Å². The zero-order valence-electron chi connectivity index (χ0n) is 16.5. The van der Waals surface area contributed by atoms with E-state index in [9.17, 15) is 18.4 Å². The van der Waals surface area contributed by atoms with Crippen LogP contribution in [-0.2, 0) is 17.8 Å². The molecule has 158 valence electrons. The molecule has 1 atom stereocenters. The summed E-state index contributed by atoms with van der Waals surface area (Å²) in [7, 11) is 0. The third kappa shape index (κ3) is 4.07. The van der Waals surface area contributed by atoms with Gasteiger partial charge in [-0.15, -0.1) is 11.3 Å². The number of aromatic amines is 1. The Hall–Kier alpha value is -2.81. The topological polar surface area (TPSA) is 78.1 Å². The van der Waals surface area contributed by atoms with Crippen molar-refractivity contribution in [3.8, 4) is 0 Å². The molecule has 6 nitrogen and oxygen atoms in total. The number of fused-ring (bicyclic) bond motifs is 2. The summed E-state index contributed by atoms with van der Waals surface area (Å²) in [5, 5.41) is 4.87. The fourth-order valence-electron chi connectivity index (χ4n) is 3.72. The maximum Gasteiger partial charge on any atom is 0.295 e. The Balaban J connectivity index is 1.49. The summed E-state index contributed by atoms with van der Waals surface area (Å²) in [5.74, 6) is -0.936. The quantitative estimate of drug-likeness (QED) is 0.617. The van der Waals surface area contributed by atoms with Gasteiger partial charge in [0.05, 0.1) is 11.0 Å². The highest BCUT2D eigenvalue weighted by atomic mass is 32.1. The van der Waals surface area contributed by atoms with Crippen molar-refractivity contribution >= 4 is 34.2 Å². The number of nitrogens with zero attached hydrogens (tertiary/aromatic N) is 2. The van der Waals surface area contributed by atoms with Crippen LogP contribution in [0.1, 0.15) is 52.8 Å². The lowest BCUT2D eigenvalue weighted by molar-refractivity contribution is -0.134. The SMILES string of the molecule is CCCC(NC(=O)c1ccc2nc(C(F)F)[nH]c2c1)C(=O)N1CCc2sccc2C1. The van der Waals surface area contributed by atoms with Gasteiger partial charge < -0.3 is 15.2 Å². The molecular formula is C21H22F2N4O2S. The summed E-state index contributed by atoms with van der Waals surface area (Å²) in [5.41, 5.74) is 2.18. The molecule has 0 saturated carbocycles. The Morgan fingerprint density at radius 2 is 2.17 bits per heavy atom. The van der Waals surface area contributed by atoms with Gasteiger partial charge in [-0.1, -0.05) is 13.3 Å². The Morgan fingerprint density at radius 3 is 2.93 bits per heavy atom. The Morgan fingerprint density at radius 1 is 1.33 bits per heavy atom. The van der Waals surface area contributed by atoms with E-state index >= 15 is 0 Å². The molecule has 3 heterocycles. The van der Waals surface area contributed by atoms with Crippen molar-refractivity contribution in [2.45, 2.75) is 45.2 Å². The number of nitrogens with one attached hydrogen (secondary N) is 2. The van der Waals surface area contributed by atoms with Gasteiger partial charge in [-0.2, -0.15) is 0 Å². The Kier molecular flexibility index (Phi) is 5.80. The van der Waals surface area contributed by atoms with E-state index in [4.69, 9.17) is 0 Å². The van der Waals surface area contributed by atoms with E-state index in [0.717, 1.165) is 12.8 Å². The van der Waals surface area contributed by atoms with E-state index in [2.05, 4.69) is 15.3 Å². The second-order valence-electron chi connectivity index (χ2n) is 7.35. The average Bonchev–Trinajstić information content (AvgIpc) is 3.38. The van der Waals surface area contributed by atoms with Gasteiger partial charge in [-0.25, -0.2) is 13.8 Å². The number of alkyl halides is 2. The number of thiophene rings is 1.